The van der Waals surface area contributed by atoms with E-state index in [1.807, 2.05) is 57.4 Å². The van der Waals surface area contributed by atoms with Crippen LogP contribution >= 0.6 is 0 Å². The van der Waals surface area contributed by atoms with Crippen LogP contribution in [-0.2, 0) is 6.54 Å². The van der Waals surface area contributed by atoms with Crippen molar-refractivity contribution in [2.75, 3.05) is 51.0 Å². The lowest BCUT2D eigenvalue weighted by atomic mass is 10.1. The van der Waals surface area contributed by atoms with E-state index < -0.39 is 0 Å². The van der Waals surface area contributed by atoms with Gasteiger partial charge in [-0.2, -0.15) is 0 Å². The van der Waals surface area contributed by atoms with Crippen molar-refractivity contribution in [3.8, 4) is 11.5 Å². The zero-order valence-corrected chi connectivity index (χ0v) is 20.0. The van der Waals surface area contributed by atoms with Crippen LogP contribution in [0.3, 0.4) is 0 Å². The average Bonchev–Trinajstić information content (AvgIpc) is 2.80. The maximum atomic E-state index is 9.54. The lowest BCUT2D eigenvalue weighted by Gasteiger charge is -2.11. The number of benzene rings is 3. The van der Waals surface area contributed by atoms with Crippen molar-refractivity contribution >= 4 is 38.9 Å². The Balaban J connectivity index is 0.000000197. The third-order valence-corrected chi connectivity index (χ3v) is 5.28. The molecule has 180 valence electrons. The number of phenols is 1. The summed E-state index contributed by atoms with van der Waals surface area (Å²) in [5, 5.41) is 14.6. The van der Waals surface area contributed by atoms with E-state index >= 15 is 0 Å². The smallest absolute Gasteiger partial charge is 0.120 e. The first kappa shape index (κ1) is 24.9. The number of pyridine rings is 1. The number of rotatable bonds is 7. The molecule has 0 amide bonds. The fourth-order valence-corrected chi connectivity index (χ4v) is 3.50. The first-order valence-corrected chi connectivity index (χ1v) is 11.2. The van der Waals surface area contributed by atoms with E-state index in [2.05, 4.69) is 15.2 Å². The van der Waals surface area contributed by atoms with E-state index in [0.717, 1.165) is 46.2 Å². The number of ether oxygens (including phenoxy) is 1. The molecule has 34 heavy (non-hydrogen) atoms. The van der Waals surface area contributed by atoms with E-state index in [1.165, 1.54) is 0 Å². The minimum Gasteiger partial charge on any atom is -0.508 e. The number of nitrogen functional groups attached to an aromatic ring is 3. The van der Waals surface area contributed by atoms with Gasteiger partial charge in [0.05, 0.1) is 23.3 Å². The van der Waals surface area contributed by atoms with E-state index in [-0.39, 0.29) is 0 Å². The fraction of sp³-hybridized carbons (Fsp3) is 0.269. The van der Waals surface area contributed by atoms with Crippen LogP contribution in [0.25, 0.3) is 21.8 Å². The monoisotopic (exact) mass is 462 g/mol. The number of hydrogen-bond donors (Lipinski definition) is 5. The van der Waals surface area contributed by atoms with Crippen molar-refractivity contribution in [2.45, 2.75) is 13.5 Å². The molecule has 0 radical (unpaired) electrons. The van der Waals surface area contributed by atoms with Gasteiger partial charge in [-0.1, -0.05) is 0 Å². The predicted octanol–water partition coefficient (Wildman–Crippen LogP) is 3.58. The summed E-state index contributed by atoms with van der Waals surface area (Å²) in [6, 6.07) is 16.4. The van der Waals surface area contributed by atoms with Gasteiger partial charge in [0.1, 0.15) is 11.5 Å². The minimum atomic E-state index is 0.293. The lowest BCUT2D eigenvalue weighted by Crippen LogP contribution is -2.26. The highest BCUT2D eigenvalue weighted by molar-refractivity contribution is 6.07. The molecule has 0 aliphatic carbocycles. The van der Waals surface area contributed by atoms with Gasteiger partial charge in [0.2, 0.25) is 0 Å². The van der Waals surface area contributed by atoms with Crippen LogP contribution in [0.4, 0.5) is 17.1 Å². The van der Waals surface area contributed by atoms with Gasteiger partial charge in [-0.05, 0) is 75.6 Å². The maximum absolute atomic E-state index is 9.54. The summed E-state index contributed by atoms with van der Waals surface area (Å²) >= 11 is 0. The molecule has 0 atom stereocenters. The number of nitrogens with zero attached hydrogens (tertiary/aromatic N) is 2. The first-order valence-electron chi connectivity index (χ1n) is 11.2. The van der Waals surface area contributed by atoms with E-state index in [1.54, 1.807) is 18.2 Å². The van der Waals surface area contributed by atoms with E-state index in [9.17, 15) is 5.11 Å². The zero-order chi connectivity index (χ0) is 24.7. The molecule has 4 aromatic rings. The SMILES string of the molecule is CCOc1ccc2nc3cc(N)ccc3c(N)c2c1.CN(C)CCNCc1cc(N)ccc1O. The van der Waals surface area contributed by atoms with Crippen LogP contribution in [0.15, 0.2) is 54.6 Å². The second-order valence-corrected chi connectivity index (χ2v) is 8.28. The third kappa shape index (κ3) is 6.40. The van der Waals surface area contributed by atoms with Gasteiger partial charge >= 0.3 is 0 Å². The number of anilines is 3. The summed E-state index contributed by atoms with van der Waals surface area (Å²) in [6.45, 7) is 5.09. The number of hydrogen-bond acceptors (Lipinski definition) is 8. The highest BCUT2D eigenvalue weighted by atomic mass is 16.5. The highest BCUT2D eigenvalue weighted by Crippen LogP contribution is 2.31. The molecule has 0 aliphatic rings. The van der Waals surface area contributed by atoms with Crippen molar-refractivity contribution in [3.63, 3.8) is 0 Å². The van der Waals surface area contributed by atoms with Crippen LogP contribution in [0, 0.1) is 0 Å². The number of likely N-dealkylation sites (N-methyl/N-ethyl adjacent to an activating group) is 1. The Morgan fingerprint density at radius 3 is 2.38 bits per heavy atom. The Hall–Kier alpha value is -3.75. The van der Waals surface area contributed by atoms with Gasteiger partial charge in [0.15, 0.2) is 0 Å². The normalized spacial score (nSPS) is 10.9. The highest BCUT2D eigenvalue weighted by Gasteiger charge is 2.08. The fourth-order valence-electron chi connectivity index (χ4n) is 3.50. The topological polar surface area (TPSA) is 136 Å². The lowest BCUT2D eigenvalue weighted by molar-refractivity contribution is 0.341. The summed E-state index contributed by atoms with van der Waals surface area (Å²) in [7, 11) is 4.05. The van der Waals surface area contributed by atoms with Gasteiger partial charge in [0, 0.05) is 47.3 Å². The second-order valence-electron chi connectivity index (χ2n) is 8.28. The summed E-state index contributed by atoms with van der Waals surface area (Å²) < 4.78 is 5.50. The molecule has 0 bridgehead atoms. The molecule has 1 heterocycles. The molecule has 8 N–H and O–H groups in total. The number of nitrogens with two attached hydrogens (primary N) is 3. The Bertz CT molecular complexity index is 1260. The number of aromatic hydroxyl groups is 1. The van der Waals surface area contributed by atoms with Gasteiger partial charge in [-0.3, -0.25) is 0 Å². The number of aromatic nitrogens is 1. The van der Waals surface area contributed by atoms with Crippen LogP contribution in [-0.4, -0.2) is 48.8 Å². The standard InChI is InChI=1S/C15H15N3O.C11H19N3O/c1-2-19-10-4-6-13-12(8-10)15(17)11-5-3-9(16)7-14(11)18-13;1-14(2)6-5-13-8-9-7-10(12)3-4-11(9)15/h3-8H,2,16H2,1H3,(H2,17,18);3-4,7,13,15H,5-6,8,12H2,1-2H3. The molecule has 0 fully saturated rings. The number of nitrogens with one attached hydrogen (secondary N) is 1. The molecule has 0 spiro atoms. The molecule has 4 rings (SSSR count). The first-order chi connectivity index (χ1) is 16.3. The third-order valence-electron chi connectivity index (χ3n) is 5.28. The molecular formula is C26H34N6O2. The summed E-state index contributed by atoms with van der Waals surface area (Å²) in [4.78, 5) is 6.69. The Labute approximate surface area is 200 Å². The van der Waals surface area contributed by atoms with Gasteiger partial charge in [-0.15, -0.1) is 0 Å². The molecule has 8 nitrogen and oxygen atoms in total. The van der Waals surface area contributed by atoms with Crippen molar-refractivity contribution in [1.29, 1.82) is 0 Å². The van der Waals surface area contributed by atoms with Crippen molar-refractivity contribution < 1.29 is 9.84 Å². The minimum absolute atomic E-state index is 0.293. The van der Waals surface area contributed by atoms with E-state index in [4.69, 9.17) is 21.9 Å². The van der Waals surface area contributed by atoms with Crippen LogP contribution in [0.1, 0.15) is 12.5 Å². The van der Waals surface area contributed by atoms with Crippen LogP contribution < -0.4 is 27.3 Å². The van der Waals surface area contributed by atoms with Crippen molar-refractivity contribution in [3.05, 3.63) is 60.2 Å². The van der Waals surface area contributed by atoms with Gasteiger partial charge < -0.3 is 37.3 Å². The summed E-state index contributed by atoms with van der Waals surface area (Å²) in [5.41, 5.74) is 22.2. The summed E-state index contributed by atoms with van der Waals surface area (Å²) in [6.07, 6.45) is 0. The molecule has 8 heteroatoms. The maximum Gasteiger partial charge on any atom is 0.120 e. The second kappa shape index (κ2) is 11.4. The quantitative estimate of drug-likeness (QED) is 0.122. The molecule has 0 unspecified atom stereocenters. The number of fused-ring (bicyclic) bond motifs is 2. The van der Waals surface area contributed by atoms with Crippen LogP contribution in [0.2, 0.25) is 0 Å². The van der Waals surface area contributed by atoms with Gasteiger partial charge in [0.25, 0.3) is 0 Å². The molecule has 0 saturated carbocycles. The molecule has 1 aromatic heterocycles. The number of phenolic OH excluding ortho intramolecular Hbond substituents is 1. The Morgan fingerprint density at radius 1 is 0.912 bits per heavy atom. The molecule has 0 saturated heterocycles. The predicted molar refractivity (Wildman–Crippen MR) is 142 cm³/mol. The zero-order valence-electron chi connectivity index (χ0n) is 20.0. The molecular weight excluding hydrogens is 428 g/mol. The molecule has 3 aromatic carbocycles. The van der Waals surface area contributed by atoms with E-state index in [0.29, 0.717) is 36.0 Å². The Kier molecular flexibility index (Phi) is 8.34. The molecule has 0 aliphatic heterocycles. The van der Waals surface area contributed by atoms with Crippen molar-refractivity contribution in [1.82, 2.24) is 15.2 Å². The Morgan fingerprint density at radius 2 is 1.65 bits per heavy atom. The van der Waals surface area contributed by atoms with Gasteiger partial charge in [-0.25, -0.2) is 4.98 Å². The van der Waals surface area contributed by atoms with Crippen LogP contribution in [0.5, 0.6) is 11.5 Å². The van der Waals surface area contributed by atoms with Crippen molar-refractivity contribution in [2.24, 2.45) is 0 Å². The summed E-state index contributed by atoms with van der Waals surface area (Å²) in [5.74, 6) is 1.10. The average molecular weight is 463 g/mol. The largest absolute Gasteiger partial charge is 0.508 e.